The van der Waals surface area contributed by atoms with Gasteiger partial charge >= 0.3 is 51.4 Å². The van der Waals surface area contributed by atoms with Crippen molar-refractivity contribution in [1.82, 2.24) is 0 Å². The van der Waals surface area contributed by atoms with Crippen molar-refractivity contribution in [2.45, 2.75) is 38.5 Å². The van der Waals surface area contributed by atoms with Crippen LogP contribution in [0.4, 0.5) is 0 Å². The molecule has 11 heavy (non-hydrogen) atoms. The van der Waals surface area contributed by atoms with E-state index in [2.05, 4.69) is 22.6 Å². The molecule has 0 aromatic heterocycles. The normalized spacial score (nSPS) is 8.82. The summed E-state index contributed by atoms with van der Waals surface area (Å²) in [6, 6.07) is 0. The Kier molecular flexibility index (Phi) is 20.5. The summed E-state index contributed by atoms with van der Waals surface area (Å²) in [6.45, 7) is 0. The fraction of sp³-hybridized carbons (Fsp3) is 0.875. The molecule has 0 unspecified atom stereocenters. The first-order valence-corrected chi connectivity index (χ1v) is 5.44. The summed E-state index contributed by atoms with van der Waals surface area (Å²) in [4.78, 5) is 9.89. The van der Waals surface area contributed by atoms with E-state index in [0.29, 0.717) is 0 Å². The predicted octanol–water partition coefficient (Wildman–Crippen LogP) is 2.31. The molecule has 3 heteroatoms. The van der Waals surface area contributed by atoms with Gasteiger partial charge < -0.3 is 4.79 Å². The molecule has 0 N–H and O–H groups in total. The summed E-state index contributed by atoms with van der Waals surface area (Å²) in [5.41, 5.74) is 0. The van der Waals surface area contributed by atoms with Gasteiger partial charge in [-0.15, -0.1) is 0 Å². The van der Waals surface area contributed by atoms with Crippen LogP contribution in [-0.4, -0.2) is 62.1 Å². The third-order valence-electron chi connectivity index (χ3n) is 1.46. The molecule has 0 bridgehead atoms. The minimum atomic E-state index is 0. The van der Waals surface area contributed by atoms with Crippen molar-refractivity contribution in [2.75, 3.05) is 4.43 Å². The van der Waals surface area contributed by atoms with E-state index in [4.69, 9.17) is 0 Å². The average molecular weight is 294 g/mol. The average Bonchev–Trinajstić information content (AvgIpc) is 1.97. The second-order valence-electron chi connectivity index (χ2n) is 2.41. The molecular formula is C8H16IKO. The molecule has 0 heterocycles. The quantitative estimate of drug-likeness (QED) is 0.231. The molecule has 62 valence electrons. The van der Waals surface area contributed by atoms with Gasteiger partial charge in [0.2, 0.25) is 0 Å². The molecule has 0 aliphatic carbocycles. The first-order chi connectivity index (χ1) is 4.91. The predicted molar refractivity (Wildman–Crippen MR) is 59.8 cm³/mol. The van der Waals surface area contributed by atoms with Crippen molar-refractivity contribution in [3.8, 4) is 0 Å². The fourth-order valence-corrected chi connectivity index (χ4v) is 1.39. The van der Waals surface area contributed by atoms with E-state index in [-0.39, 0.29) is 51.4 Å². The minimum absolute atomic E-state index is 0. The maximum absolute atomic E-state index is 9.89. The summed E-state index contributed by atoms with van der Waals surface area (Å²) >= 11 is 2.40. The summed E-state index contributed by atoms with van der Waals surface area (Å²) in [6.07, 6.45) is 8.06. The van der Waals surface area contributed by atoms with E-state index >= 15 is 0 Å². The van der Waals surface area contributed by atoms with Gasteiger partial charge in [0.05, 0.1) is 0 Å². The molecule has 0 saturated heterocycles. The molecule has 1 nitrogen and oxygen atoms in total. The number of carbonyl (C=O) groups is 1. The van der Waals surface area contributed by atoms with Crippen LogP contribution in [0.3, 0.4) is 0 Å². The van der Waals surface area contributed by atoms with Crippen LogP contribution in [0.25, 0.3) is 0 Å². The monoisotopic (exact) mass is 294 g/mol. The van der Waals surface area contributed by atoms with Crippen molar-refractivity contribution >= 4 is 80.3 Å². The third kappa shape index (κ3) is 14.8. The number of unbranched alkanes of at least 4 members (excludes halogenated alkanes) is 5. The summed E-state index contributed by atoms with van der Waals surface area (Å²) in [5, 5.41) is 0. The topological polar surface area (TPSA) is 17.1 Å². The van der Waals surface area contributed by atoms with Crippen molar-refractivity contribution in [1.29, 1.82) is 0 Å². The van der Waals surface area contributed by atoms with Crippen LogP contribution in [0.15, 0.2) is 0 Å². The summed E-state index contributed by atoms with van der Waals surface area (Å²) in [7, 11) is 0. The Morgan fingerprint density at radius 2 is 1.55 bits per heavy atom. The number of alkyl halides is 1. The van der Waals surface area contributed by atoms with Crippen molar-refractivity contribution in [2.24, 2.45) is 0 Å². The van der Waals surface area contributed by atoms with E-state index in [0.717, 1.165) is 19.1 Å². The molecule has 0 fully saturated rings. The van der Waals surface area contributed by atoms with E-state index < -0.39 is 0 Å². The van der Waals surface area contributed by atoms with Crippen LogP contribution in [-0.2, 0) is 4.79 Å². The van der Waals surface area contributed by atoms with Gasteiger partial charge in [-0.2, -0.15) is 0 Å². The van der Waals surface area contributed by atoms with Gasteiger partial charge in [-0.3, -0.25) is 0 Å². The molecule has 0 rings (SSSR count). The van der Waals surface area contributed by atoms with Crippen molar-refractivity contribution in [3.63, 3.8) is 0 Å². The van der Waals surface area contributed by atoms with E-state index in [1.54, 1.807) is 0 Å². The molecule has 0 saturated carbocycles. The number of hydrogen-bond donors (Lipinski definition) is 0. The second kappa shape index (κ2) is 14.6. The fourth-order valence-electron chi connectivity index (χ4n) is 0.852. The molecule has 0 aliphatic heterocycles. The third-order valence-corrected chi connectivity index (χ3v) is 2.22. The Morgan fingerprint density at radius 1 is 1.00 bits per heavy atom. The van der Waals surface area contributed by atoms with E-state index in [1.807, 2.05) is 0 Å². The standard InChI is InChI=1S/C8H15IO.K.H/c9-7-5-3-1-2-4-6-8-10;;/h8H,1-7H2;;. The van der Waals surface area contributed by atoms with Gasteiger partial charge in [-0.1, -0.05) is 41.9 Å². The molecule has 0 amide bonds. The Hall–Kier alpha value is 2.04. The maximum atomic E-state index is 9.89. The van der Waals surface area contributed by atoms with E-state index in [1.165, 1.54) is 30.1 Å². The molecular weight excluding hydrogens is 278 g/mol. The Morgan fingerprint density at radius 3 is 2.09 bits per heavy atom. The van der Waals surface area contributed by atoms with Crippen LogP contribution in [0, 0.1) is 0 Å². The number of rotatable bonds is 7. The molecule has 0 aliphatic rings. The van der Waals surface area contributed by atoms with Gasteiger partial charge in [0.1, 0.15) is 6.29 Å². The van der Waals surface area contributed by atoms with Crippen LogP contribution in [0.1, 0.15) is 38.5 Å². The van der Waals surface area contributed by atoms with Crippen molar-refractivity contribution in [3.05, 3.63) is 0 Å². The number of aldehydes is 1. The molecule has 0 aromatic carbocycles. The summed E-state index contributed by atoms with van der Waals surface area (Å²) < 4.78 is 1.27. The van der Waals surface area contributed by atoms with Gasteiger partial charge in [0.25, 0.3) is 0 Å². The first-order valence-electron chi connectivity index (χ1n) is 3.91. The van der Waals surface area contributed by atoms with Crippen LogP contribution < -0.4 is 0 Å². The Labute approximate surface area is 126 Å². The molecule has 0 spiro atoms. The van der Waals surface area contributed by atoms with Crippen LogP contribution >= 0.6 is 22.6 Å². The Balaban J connectivity index is 0. The Bertz CT molecular complexity index is 78.5. The van der Waals surface area contributed by atoms with Gasteiger partial charge in [-0.25, -0.2) is 0 Å². The zero-order valence-corrected chi connectivity index (χ0v) is 8.47. The first kappa shape index (κ1) is 15.5. The molecule has 0 atom stereocenters. The van der Waals surface area contributed by atoms with Gasteiger partial charge in [0, 0.05) is 6.42 Å². The second-order valence-corrected chi connectivity index (χ2v) is 3.49. The van der Waals surface area contributed by atoms with Crippen molar-refractivity contribution < 1.29 is 4.79 Å². The van der Waals surface area contributed by atoms with Gasteiger partial charge in [0.15, 0.2) is 0 Å². The zero-order valence-electron chi connectivity index (χ0n) is 6.31. The van der Waals surface area contributed by atoms with Crippen LogP contribution in [0.5, 0.6) is 0 Å². The number of hydrogen-bond acceptors (Lipinski definition) is 1. The SMILES string of the molecule is O=CCCCCCCCI.[KH]. The summed E-state index contributed by atoms with van der Waals surface area (Å²) in [5.74, 6) is 0. The molecule has 0 aromatic rings. The van der Waals surface area contributed by atoms with Gasteiger partial charge in [-0.05, 0) is 17.3 Å². The number of halogens is 1. The van der Waals surface area contributed by atoms with Crippen LogP contribution in [0.2, 0.25) is 0 Å². The number of carbonyl (C=O) groups excluding carboxylic acids is 1. The molecule has 0 radical (unpaired) electrons. The van der Waals surface area contributed by atoms with E-state index in [9.17, 15) is 4.79 Å². The zero-order chi connectivity index (χ0) is 7.66.